The summed E-state index contributed by atoms with van der Waals surface area (Å²) in [7, 11) is 0. The molecule has 2 rings (SSSR count). The van der Waals surface area contributed by atoms with E-state index >= 15 is 0 Å². The molecule has 1 aliphatic heterocycles. The summed E-state index contributed by atoms with van der Waals surface area (Å²) in [6.07, 6.45) is 2.74. The number of hydrogen-bond acceptors (Lipinski definition) is 4. The number of nitrogens with zero attached hydrogens (tertiary/aromatic N) is 1. The van der Waals surface area contributed by atoms with Gasteiger partial charge in [-0.15, -0.1) is 0 Å². The maximum absolute atomic E-state index is 12.2. The molecule has 1 aromatic rings. The molecule has 0 spiro atoms. The fourth-order valence-corrected chi connectivity index (χ4v) is 2.98. The third kappa shape index (κ3) is 4.04. The molecular formula is C16H23N3O3. The standard InChI is InChI=1S/C16H23N3O3/c1-11(13-5-4-8-17-10-13)9-16(20)18-14-6-3-7-15(12(14)2)19(21)22/h3,6-7,11,13,17H,4-5,8-10H2,1-2H3,(H,18,20). The van der Waals surface area contributed by atoms with Crippen LogP contribution >= 0.6 is 0 Å². The number of nitro benzene ring substituents is 1. The Labute approximate surface area is 130 Å². The van der Waals surface area contributed by atoms with E-state index in [1.165, 1.54) is 6.07 Å². The summed E-state index contributed by atoms with van der Waals surface area (Å²) in [6.45, 7) is 5.77. The van der Waals surface area contributed by atoms with Crippen LogP contribution in [0.3, 0.4) is 0 Å². The first kappa shape index (κ1) is 16.4. The Morgan fingerprint density at radius 3 is 2.95 bits per heavy atom. The Bertz CT molecular complexity index is 554. The van der Waals surface area contributed by atoms with Crippen molar-refractivity contribution in [2.45, 2.75) is 33.1 Å². The van der Waals surface area contributed by atoms with Crippen molar-refractivity contribution in [1.29, 1.82) is 0 Å². The van der Waals surface area contributed by atoms with Crippen LogP contribution in [0.15, 0.2) is 18.2 Å². The largest absolute Gasteiger partial charge is 0.326 e. The molecule has 1 aromatic carbocycles. The number of rotatable bonds is 5. The number of carbonyl (C=O) groups is 1. The minimum absolute atomic E-state index is 0.0299. The van der Waals surface area contributed by atoms with Crippen LogP contribution in [0.4, 0.5) is 11.4 Å². The molecule has 2 atom stereocenters. The average molecular weight is 305 g/mol. The molecule has 1 aliphatic rings. The third-order valence-electron chi connectivity index (χ3n) is 4.42. The molecular weight excluding hydrogens is 282 g/mol. The fraction of sp³-hybridized carbons (Fsp3) is 0.562. The molecule has 120 valence electrons. The van der Waals surface area contributed by atoms with Crippen molar-refractivity contribution in [1.82, 2.24) is 5.32 Å². The molecule has 0 aromatic heterocycles. The van der Waals surface area contributed by atoms with Gasteiger partial charge < -0.3 is 10.6 Å². The number of amides is 1. The summed E-state index contributed by atoms with van der Waals surface area (Å²) in [5, 5.41) is 17.1. The predicted octanol–water partition coefficient (Wildman–Crippen LogP) is 2.87. The summed E-state index contributed by atoms with van der Waals surface area (Å²) in [5.74, 6) is 0.735. The van der Waals surface area contributed by atoms with Crippen molar-refractivity contribution >= 4 is 17.3 Å². The molecule has 6 heteroatoms. The normalized spacial score (nSPS) is 19.5. The second kappa shape index (κ2) is 7.35. The molecule has 2 N–H and O–H groups in total. The molecule has 1 fully saturated rings. The second-order valence-electron chi connectivity index (χ2n) is 6.04. The summed E-state index contributed by atoms with van der Waals surface area (Å²) in [6, 6.07) is 4.74. The number of nitro groups is 1. The summed E-state index contributed by atoms with van der Waals surface area (Å²) >= 11 is 0. The van der Waals surface area contributed by atoms with Crippen LogP contribution < -0.4 is 10.6 Å². The summed E-state index contributed by atoms with van der Waals surface area (Å²) < 4.78 is 0. The van der Waals surface area contributed by atoms with Gasteiger partial charge in [-0.3, -0.25) is 14.9 Å². The molecule has 0 bridgehead atoms. The zero-order valence-corrected chi connectivity index (χ0v) is 13.1. The monoisotopic (exact) mass is 305 g/mol. The zero-order chi connectivity index (χ0) is 16.1. The van der Waals surface area contributed by atoms with Crippen LogP contribution in [0.2, 0.25) is 0 Å². The van der Waals surface area contributed by atoms with E-state index < -0.39 is 4.92 Å². The van der Waals surface area contributed by atoms with Crippen LogP contribution in [-0.2, 0) is 4.79 Å². The van der Waals surface area contributed by atoms with E-state index in [4.69, 9.17) is 0 Å². The van der Waals surface area contributed by atoms with Gasteiger partial charge in [0, 0.05) is 12.5 Å². The molecule has 22 heavy (non-hydrogen) atoms. The van der Waals surface area contributed by atoms with Crippen molar-refractivity contribution in [2.75, 3.05) is 18.4 Å². The highest BCUT2D eigenvalue weighted by molar-refractivity contribution is 5.92. The van der Waals surface area contributed by atoms with Gasteiger partial charge in [0.05, 0.1) is 16.2 Å². The number of anilines is 1. The highest BCUT2D eigenvalue weighted by atomic mass is 16.6. The number of carbonyl (C=O) groups excluding carboxylic acids is 1. The van der Waals surface area contributed by atoms with Gasteiger partial charge in [-0.2, -0.15) is 0 Å². The lowest BCUT2D eigenvalue weighted by Gasteiger charge is -2.28. The van der Waals surface area contributed by atoms with Crippen LogP contribution in [0, 0.1) is 28.9 Å². The zero-order valence-electron chi connectivity index (χ0n) is 13.1. The lowest BCUT2D eigenvalue weighted by Crippen LogP contribution is -2.34. The van der Waals surface area contributed by atoms with E-state index in [1.807, 2.05) is 0 Å². The topological polar surface area (TPSA) is 84.3 Å². The number of benzene rings is 1. The minimum atomic E-state index is -0.429. The Balaban J connectivity index is 1.97. The molecule has 2 unspecified atom stereocenters. The fourth-order valence-electron chi connectivity index (χ4n) is 2.98. The van der Waals surface area contributed by atoms with E-state index in [2.05, 4.69) is 17.6 Å². The van der Waals surface area contributed by atoms with E-state index in [0.29, 0.717) is 29.5 Å². The van der Waals surface area contributed by atoms with Crippen molar-refractivity contribution in [2.24, 2.45) is 11.8 Å². The van der Waals surface area contributed by atoms with E-state index in [0.717, 1.165) is 25.9 Å². The van der Waals surface area contributed by atoms with E-state index in [9.17, 15) is 14.9 Å². The van der Waals surface area contributed by atoms with Gasteiger partial charge in [-0.05, 0) is 50.8 Å². The molecule has 1 heterocycles. The predicted molar refractivity (Wildman–Crippen MR) is 85.8 cm³/mol. The van der Waals surface area contributed by atoms with Crippen molar-refractivity contribution in [3.05, 3.63) is 33.9 Å². The Kier molecular flexibility index (Phi) is 5.49. The second-order valence-corrected chi connectivity index (χ2v) is 6.04. The highest BCUT2D eigenvalue weighted by Gasteiger charge is 2.22. The van der Waals surface area contributed by atoms with Gasteiger partial charge in [0.15, 0.2) is 0 Å². The number of hydrogen-bond donors (Lipinski definition) is 2. The Morgan fingerprint density at radius 2 is 2.32 bits per heavy atom. The lowest BCUT2D eigenvalue weighted by atomic mass is 9.85. The number of nitrogens with one attached hydrogen (secondary N) is 2. The SMILES string of the molecule is Cc1c(NC(=O)CC(C)C2CCCNC2)cccc1[N+](=O)[O-]. The molecule has 0 saturated carbocycles. The van der Waals surface area contributed by atoms with Gasteiger partial charge in [-0.25, -0.2) is 0 Å². The molecule has 6 nitrogen and oxygen atoms in total. The molecule has 1 saturated heterocycles. The first-order valence-electron chi connectivity index (χ1n) is 7.73. The van der Waals surface area contributed by atoms with Gasteiger partial charge in [-0.1, -0.05) is 13.0 Å². The summed E-state index contributed by atoms with van der Waals surface area (Å²) in [4.78, 5) is 22.7. The third-order valence-corrected chi connectivity index (χ3v) is 4.42. The average Bonchev–Trinajstić information content (AvgIpc) is 2.50. The maximum Gasteiger partial charge on any atom is 0.274 e. The maximum atomic E-state index is 12.2. The molecule has 1 amide bonds. The van der Waals surface area contributed by atoms with Crippen LogP contribution in [0.1, 0.15) is 31.7 Å². The van der Waals surface area contributed by atoms with Crippen molar-refractivity contribution < 1.29 is 9.72 Å². The van der Waals surface area contributed by atoms with Crippen LogP contribution in [-0.4, -0.2) is 23.9 Å². The first-order valence-corrected chi connectivity index (χ1v) is 7.73. The smallest absolute Gasteiger partial charge is 0.274 e. The Morgan fingerprint density at radius 1 is 1.55 bits per heavy atom. The quantitative estimate of drug-likeness (QED) is 0.647. The van der Waals surface area contributed by atoms with Crippen LogP contribution in [0.25, 0.3) is 0 Å². The van der Waals surface area contributed by atoms with Crippen LogP contribution in [0.5, 0.6) is 0 Å². The molecule has 0 radical (unpaired) electrons. The Hall–Kier alpha value is -1.95. The van der Waals surface area contributed by atoms with Crippen molar-refractivity contribution in [3.63, 3.8) is 0 Å². The highest BCUT2D eigenvalue weighted by Crippen LogP contribution is 2.26. The van der Waals surface area contributed by atoms with Crippen molar-refractivity contribution in [3.8, 4) is 0 Å². The van der Waals surface area contributed by atoms with E-state index in [-0.39, 0.29) is 11.6 Å². The molecule has 0 aliphatic carbocycles. The van der Waals surface area contributed by atoms with E-state index in [1.54, 1.807) is 19.1 Å². The van der Waals surface area contributed by atoms with Gasteiger partial charge in [0.2, 0.25) is 5.91 Å². The van der Waals surface area contributed by atoms with Gasteiger partial charge in [0.25, 0.3) is 5.69 Å². The van der Waals surface area contributed by atoms with Gasteiger partial charge >= 0.3 is 0 Å². The van der Waals surface area contributed by atoms with Gasteiger partial charge in [0.1, 0.15) is 0 Å². The first-order chi connectivity index (χ1) is 10.5. The number of piperidine rings is 1. The lowest BCUT2D eigenvalue weighted by molar-refractivity contribution is -0.385. The minimum Gasteiger partial charge on any atom is -0.326 e. The summed E-state index contributed by atoms with van der Waals surface area (Å²) in [5.41, 5.74) is 1.04.